The van der Waals surface area contributed by atoms with Gasteiger partial charge in [0.25, 0.3) is 5.56 Å². The molecular formula is C25H23N3O2S. The molecule has 0 bridgehead atoms. The average Bonchev–Trinajstić information content (AvgIpc) is 2.77. The van der Waals surface area contributed by atoms with Crippen LogP contribution in [0.3, 0.4) is 0 Å². The molecule has 1 aromatic heterocycles. The number of fused-ring (bicyclic) bond motifs is 1. The molecule has 0 aliphatic carbocycles. The molecule has 0 saturated heterocycles. The lowest BCUT2D eigenvalue weighted by Crippen LogP contribution is -2.30. The highest BCUT2D eigenvalue weighted by atomic mass is 32.2. The van der Waals surface area contributed by atoms with Gasteiger partial charge >= 0.3 is 0 Å². The first kappa shape index (κ1) is 20.9. The maximum Gasteiger partial charge on any atom is 0.275 e. The molecule has 1 N–H and O–H groups in total. The Morgan fingerprint density at radius 3 is 2.55 bits per heavy atom. The van der Waals surface area contributed by atoms with Crippen LogP contribution in [0.5, 0.6) is 0 Å². The Kier molecular flexibility index (Phi) is 5.91. The second-order valence-corrected chi connectivity index (χ2v) is 8.34. The number of carbonyl (C=O) groups is 1. The van der Waals surface area contributed by atoms with Gasteiger partial charge in [-0.15, -0.1) is 11.8 Å². The van der Waals surface area contributed by atoms with E-state index in [1.54, 1.807) is 17.8 Å². The average molecular weight is 430 g/mol. The molecule has 0 radical (unpaired) electrons. The predicted octanol–water partition coefficient (Wildman–Crippen LogP) is 5.04. The number of carbonyl (C=O) groups excluding carboxylic acids is 1. The van der Waals surface area contributed by atoms with Crippen LogP contribution in [-0.4, -0.2) is 21.9 Å². The molecule has 4 aromatic rings. The molecule has 31 heavy (non-hydrogen) atoms. The molecule has 5 nitrogen and oxygen atoms in total. The molecule has 6 heteroatoms. The third kappa shape index (κ3) is 4.39. The second-order valence-electron chi connectivity index (χ2n) is 7.46. The minimum absolute atomic E-state index is 0.162. The van der Waals surface area contributed by atoms with Gasteiger partial charge in [0.15, 0.2) is 0 Å². The Morgan fingerprint density at radius 2 is 1.77 bits per heavy atom. The van der Waals surface area contributed by atoms with Crippen molar-refractivity contribution in [3.63, 3.8) is 0 Å². The van der Waals surface area contributed by atoms with E-state index in [9.17, 15) is 9.59 Å². The van der Waals surface area contributed by atoms with Crippen LogP contribution < -0.4 is 10.9 Å². The van der Waals surface area contributed by atoms with E-state index in [-0.39, 0.29) is 18.0 Å². The Bertz CT molecular complexity index is 1340. The van der Waals surface area contributed by atoms with Crippen LogP contribution in [0.4, 0.5) is 5.69 Å². The van der Waals surface area contributed by atoms with Crippen molar-refractivity contribution in [3.8, 4) is 11.3 Å². The van der Waals surface area contributed by atoms with E-state index in [4.69, 9.17) is 0 Å². The number of amides is 1. The van der Waals surface area contributed by atoms with Gasteiger partial charge in [0.2, 0.25) is 5.91 Å². The minimum atomic E-state index is -0.296. The van der Waals surface area contributed by atoms with Crippen molar-refractivity contribution < 1.29 is 4.79 Å². The molecule has 4 rings (SSSR count). The van der Waals surface area contributed by atoms with E-state index in [2.05, 4.69) is 16.5 Å². The first-order valence-electron chi connectivity index (χ1n) is 9.97. The molecule has 0 saturated carbocycles. The van der Waals surface area contributed by atoms with Crippen LogP contribution in [0.25, 0.3) is 22.0 Å². The summed E-state index contributed by atoms with van der Waals surface area (Å²) in [5.41, 5.74) is 4.24. The van der Waals surface area contributed by atoms with E-state index in [0.717, 1.165) is 27.0 Å². The van der Waals surface area contributed by atoms with Crippen molar-refractivity contribution in [2.75, 3.05) is 11.6 Å². The highest BCUT2D eigenvalue weighted by Crippen LogP contribution is 2.28. The summed E-state index contributed by atoms with van der Waals surface area (Å²) < 4.78 is 1.26. The topological polar surface area (TPSA) is 64.0 Å². The van der Waals surface area contributed by atoms with Crippen molar-refractivity contribution in [2.45, 2.75) is 25.3 Å². The molecule has 156 valence electrons. The molecule has 1 heterocycles. The van der Waals surface area contributed by atoms with Crippen LogP contribution >= 0.6 is 11.8 Å². The molecular weight excluding hydrogens is 406 g/mol. The number of nitrogens with one attached hydrogen (secondary N) is 1. The molecule has 0 atom stereocenters. The quantitative estimate of drug-likeness (QED) is 0.452. The van der Waals surface area contributed by atoms with E-state index >= 15 is 0 Å². The smallest absolute Gasteiger partial charge is 0.275 e. The first-order valence-corrected chi connectivity index (χ1v) is 11.2. The summed E-state index contributed by atoms with van der Waals surface area (Å²) in [5.74, 6) is -0.296. The minimum Gasteiger partial charge on any atom is -0.324 e. The van der Waals surface area contributed by atoms with Gasteiger partial charge in [0, 0.05) is 21.5 Å². The summed E-state index contributed by atoms with van der Waals surface area (Å²) in [6, 6.07) is 21.2. The number of hydrogen-bond donors (Lipinski definition) is 1. The van der Waals surface area contributed by atoms with Crippen molar-refractivity contribution in [1.82, 2.24) is 9.78 Å². The van der Waals surface area contributed by atoms with Crippen molar-refractivity contribution in [1.29, 1.82) is 0 Å². The highest BCUT2D eigenvalue weighted by molar-refractivity contribution is 7.98. The van der Waals surface area contributed by atoms with Gasteiger partial charge in [-0.25, -0.2) is 4.68 Å². The Hall–Kier alpha value is -3.38. The SMILES string of the molecule is CSc1cccc(NC(=O)Cn2nc(-c3cc(C)ccc3C)c3ccccc3c2=O)c1. The molecule has 0 aliphatic rings. The second kappa shape index (κ2) is 8.78. The molecule has 3 aromatic carbocycles. The van der Waals surface area contributed by atoms with Gasteiger partial charge in [-0.3, -0.25) is 9.59 Å². The number of aromatic nitrogens is 2. The highest BCUT2D eigenvalue weighted by Gasteiger charge is 2.16. The number of benzene rings is 3. The third-order valence-corrected chi connectivity index (χ3v) is 5.89. The Morgan fingerprint density at radius 1 is 1.00 bits per heavy atom. The monoisotopic (exact) mass is 429 g/mol. The van der Waals surface area contributed by atoms with Gasteiger partial charge in [0.05, 0.1) is 11.1 Å². The van der Waals surface area contributed by atoms with Crippen LogP contribution in [0.1, 0.15) is 11.1 Å². The summed E-state index contributed by atoms with van der Waals surface area (Å²) in [6.45, 7) is 3.88. The molecule has 0 spiro atoms. The maximum absolute atomic E-state index is 13.1. The van der Waals surface area contributed by atoms with Crippen LogP contribution in [0.2, 0.25) is 0 Å². The number of rotatable bonds is 5. The normalized spacial score (nSPS) is 10.9. The summed E-state index contributed by atoms with van der Waals surface area (Å²) in [7, 11) is 0. The molecule has 0 fully saturated rings. The Balaban J connectivity index is 1.76. The lowest BCUT2D eigenvalue weighted by Gasteiger charge is -2.13. The molecule has 0 unspecified atom stereocenters. The van der Waals surface area contributed by atoms with Gasteiger partial charge < -0.3 is 5.32 Å². The zero-order chi connectivity index (χ0) is 22.0. The zero-order valence-electron chi connectivity index (χ0n) is 17.7. The van der Waals surface area contributed by atoms with E-state index < -0.39 is 0 Å². The van der Waals surface area contributed by atoms with Crippen molar-refractivity contribution in [2.24, 2.45) is 0 Å². The van der Waals surface area contributed by atoms with Gasteiger partial charge in [0.1, 0.15) is 6.54 Å². The number of anilines is 1. The van der Waals surface area contributed by atoms with Gasteiger partial charge in [-0.05, 0) is 56.0 Å². The number of aryl methyl sites for hydroxylation is 2. The van der Waals surface area contributed by atoms with Gasteiger partial charge in [-0.2, -0.15) is 5.10 Å². The zero-order valence-corrected chi connectivity index (χ0v) is 18.5. The maximum atomic E-state index is 13.1. The first-order chi connectivity index (χ1) is 15.0. The fourth-order valence-electron chi connectivity index (χ4n) is 3.57. The fraction of sp³-hybridized carbons (Fsp3) is 0.160. The lowest BCUT2D eigenvalue weighted by molar-refractivity contribution is -0.117. The van der Waals surface area contributed by atoms with Crippen LogP contribution in [0.15, 0.2) is 76.4 Å². The summed E-state index contributed by atoms with van der Waals surface area (Å²) in [5, 5.41) is 8.83. The summed E-state index contributed by atoms with van der Waals surface area (Å²) in [4.78, 5) is 26.8. The van der Waals surface area contributed by atoms with E-state index in [0.29, 0.717) is 16.8 Å². The summed E-state index contributed by atoms with van der Waals surface area (Å²) in [6.07, 6.45) is 1.98. The lowest BCUT2D eigenvalue weighted by atomic mass is 9.99. The van der Waals surface area contributed by atoms with Crippen LogP contribution in [-0.2, 0) is 11.3 Å². The third-order valence-electron chi connectivity index (χ3n) is 5.16. The molecule has 1 amide bonds. The van der Waals surface area contributed by atoms with E-state index in [1.165, 1.54) is 4.68 Å². The standard InChI is InChI=1S/C25H23N3O2S/c1-16-11-12-17(2)22(13-16)24-20-9-4-5-10-21(20)25(30)28(27-24)15-23(29)26-18-7-6-8-19(14-18)31-3/h4-14H,15H2,1-3H3,(H,26,29). The van der Waals surface area contributed by atoms with Gasteiger partial charge in [-0.1, -0.05) is 42.0 Å². The van der Waals surface area contributed by atoms with Crippen LogP contribution in [0, 0.1) is 13.8 Å². The van der Waals surface area contributed by atoms with E-state index in [1.807, 2.05) is 74.7 Å². The predicted molar refractivity (Wildman–Crippen MR) is 128 cm³/mol. The van der Waals surface area contributed by atoms with Crippen molar-refractivity contribution >= 4 is 34.1 Å². The molecule has 0 aliphatic heterocycles. The number of nitrogens with zero attached hydrogens (tertiary/aromatic N) is 2. The summed E-state index contributed by atoms with van der Waals surface area (Å²) >= 11 is 1.60. The largest absolute Gasteiger partial charge is 0.324 e. The van der Waals surface area contributed by atoms with Crippen molar-refractivity contribution in [3.05, 3.63) is 88.2 Å². The number of hydrogen-bond acceptors (Lipinski definition) is 4. The fourth-order valence-corrected chi connectivity index (χ4v) is 4.03. The number of thioether (sulfide) groups is 1. The Labute approximate surface area is 185 Å².